The monoisotopic (exact) mass is 347 g/mol. The maximum absolute atomic E-state index is 11.2. The first-order valence-corrected chi connectivity index (χ1v) is 7.53. The van der Waals surface area contributed by atoms with E-state index in [1.165, 1.54) is 11.8 Å². The van der Waals surface area contributed by atoms with E-state index >= 15 is 0 Å². The number of aromatic carboxylic acids is 1. The van der Waals surface area contributed by atoms with Crippen LogP contribution in [0.4, 0.5) is 0 Å². The molecule has 0 fully saturated rings. The molecule has 2 heterocycles. The van der Waals surface area contributed by atoms with Crippen LogP contribution >= 0.6 is 15.9 Å². The predicted octanol–water partition coefficient (Wildman–Crippen LogP) is 3.65. The molecule has 5 heteroatoms. The standard InChI is InChI=1S/C16H14BrNO3/c17-12-3-4-13-11(9-21-15(13)7-12)2-1-10-8-18-6-5-14(10)16(19)20/h3-8,11H,1-2,9H2,(H,19,20). The van der Waals surface area contributed by atoms with Gasteiger partial charge in [-0.1, -0.05) is 22.0 Å². The summed E-state index contributed by atoms with van der Waals surface area (Å²) in [5, 5.41) is 9.19. The molecule has 0 radical (unpaired) electrons. The van der Waals surface area contributed by atoms with Crippen LogP contribution in [0.2, 0.25) is 0 Å². The lowest BCUT2D eigenvalue weighted by atomic mass is 9.93. The second-order valence-electron chi connectivity index (χ2n) is 5.07. The van der Waals surface area contributed by atoms with E-state index in [4.69, 9.17) is 4.74 Å². The highest BCUT2D eigenvalue weighted by molar-refractivity contribution is 9.10. The van der Waals surface area contributed by atoms with Crippen molar-refractivity contribution < 1.29 is 14.6 Å². The van der Waals surface area contributed by atoms with Crippen molar-refractivity contribution >= 4 is 21.9 Å². The van der Waals surface area contributed by atoms with E-state index in [0.717, 1.165) is 22.2 Å². The molecular formula is C16H14BrNO3. The van der Waals surface area contributed by atoms with E-state index < -0.39 is 5.97 Å². The Labute approximate surface area is 130 Å². The van der Waals surface area contributed by atoms with Crippen molar-refractivity contribution in [2.24, 2.45) is 0 Å². The fourth-order valence-electron chi connectivity index (χ4n) is 2.65. The second-order valence-corrected chi connectivity index (χ2v) is 5.98. The van der Waals surface area contributed by atoms with Gasteiger partial charge in [0.2, 0.25) is 0 Å². The molecule has 0 spiro atoms. The summed E-state index contributed by atoms with van der Waals surface area (Å²) in [4.78, 5) is 15.2. The summed E-state index contributed by atoms with van der Waals surface area (Å²) >= 11 is 3.43. The van der Waals surface area contributed by atoms with Gasteiger partial charge in [-0.25, -0.2) is 4.79 Å². The summed E-state index contributed by atoms with van der Waals surface area (Å²) in [6.45, 7) is 0.647. The van der Waals surface area contributed by atoms with Crippen LogP contribution in [0.1, 0.15) is 33.8 Å². The van der Waals surface area contributed by atoms with E-state index in [0.29, 0.717) is 24.5 Å². The highest BCUT2D eigenvalue weighted by atomic mass is 79.9. The first-order valence-electron chi connectivity index (χ1n) is 6.73. The first-order chi connectivity index (χ1) is 10.1. The molecule has 1 N–H and O–H groups in total. The molecule has 0 saturated carbocycles. The second kappa shape index (κ2) is 5.85. The van der Waals surface area contributed by atoms with E-state index in [-0.39, 0.29) is 0 Å². The third kappa shape index (κ3) is 2.93. The van der Waals surface area contributed by atoms with Crippen molar-refractivity contribution in [1.82, 2.24) is 4.98 Å². The Kier molecular flexibility index (Phi) is 3.92. The highest BCUT2D eigenvalue weighted by Gasteiger charge is 2.24. The molecule has 0 bridgehead atoms. The minimum Gasteiger partial charge on any atom is -0.493 e. The van der Waals surface area contributed by atoms with Crippen molar-refractivity contribution in [3.8, 4) is 5.75 Å². The van der Waals surface area contributed by atoms with Gasteiger partial charge in [0.15, 0.2) is 0 Å². The van der Waals surface area contributed by atoms with Crippen LogP contribution in [0.25, 0.3) is 0 Å². The Balaban J connectivity index is 1.75. The zero-order chi connectivity index (χ0) is 14.8. The van der Waals surface area contributed by atoms with Crippen molar-refractivity contribution in [2.45, 2.75) is 18.8 Å². The number of aryl methyl sites for hydroxylation is 1. The molecule has 108 valence electrons. The smallest absolute Gasteiger partial charge is 0.336 e. The molecule has 4 nitrogen and oxygen atoms in total. The minimum atomic E-state index is -0.903. The van der Waals surface area contributed by atoms with E-state index in [1.807, 2.05) is 12.1 Å². The third-order valence-electron chi connectivity index (χ3n) is 3.75. The molecule has 1 aromatic carbocycles. The summed E-state index contributed by atoms with van der Waals surface area (Å²) in [6, 6.07) is 7.60. The maximum Gasteiger partial charge on any atom is 0.336 e. The largest absolute Gasteiger partial charge is 0.493 e. The molecule has 1 aromatic heterocycles. The normalized spacial score (nSPS) is 16.3. The van der Waals surface area contributed by atoms with Gasteiger partial charge in [-0.15, -0.1) is 0 Å². The molecule has 1 aliphatic heterocycles. The highest BCUT2D eigenvalue weighted by Crippen LogP contribution is 2.38. The number of carboxylic acid groups (broad SMARTS) is 1. The van der Waals surface area contributed by atoms with Crippen LogP contribution < -0.4 is 4.74 Å². The number of benzene rings is 1. The van der Waals surface area contributed by atoms with Gasteiger partial charge in [0, 0.05) is 28.3 Å². The Hall–Kier alpha value is -1.88. The molecular weight excluding hydrogens is 334 g/mol. The SMILES string of the molecule is O=C(O)c1ccncc1CCC1COc2cc(Br)ccc21. The number of ether oxygens (including phenoxy) is 1. The molecule has 0 aliphatic carbocycles. The number of fused-ring (bicyclic) bond motifs is 1. The lowest BCUT2D eigenvalue weighted by Gasteiger charge is -2.10. The van der Waals surface area contributed by atoms with Crippen molar-refractivity contribution in [3.63, 3.8) is 0 Å². The van der Waals surface area contributed by atoms with Gasteiger partial charge in [0.05, 0.1) is 12.2 Å². The van der Waals surface area contributed by atoms with Crippen LogP contribution in [0, 0.1) is 0 Å². The lowest BCUT2D eigenvalue weighted by Crippen LogP contribution is -2.07. The fourth-order valence-corrected chi connectivity index (χ4v) is 2.99. The number of carboxylic acids is 1. The molecule has 21 heavy (non-hydrogen) atoms. The molecule has 2 aromatic rings. The Morgan fingerprint density at radius 2 is 2.29 bits per heavy atom. The summed E-state index contributed by atoms with van der Waals surface area (Å²) < 4.78 is 6.70. The number of rotatable bonds is 4. The predicted molar refractivity (Wildman–Crippen MR) is 81.9 cm³/mol. The molecule has 0 amide bonds. The van der Waals surface area contributed by atoms with Crippen molar-refractivity contribution in [2.75, 3.05) is 6.61 Å². The van der Waals surface area contributed by atoms with Gasteiger partial charge in [0.1, 0.15) is 5.75 Å². The van der Waals surface area contributed by atoms with Crippen LogP contribution in [0.15, 0.2) is 41.1 Å². The quantitative estimate of drug-likeness (QED) is 0.916. The van der Waals surface area contributed by atoms with Gasteiger partial charge >= 0.3 is 5.97 Å². The zero-order valence-corrected chi connectivity index (χ0v) is 12.8. The number of carbonyl (C=O) groups is 1. The number of halogens is 1. The number of hydrogen-bond donors (Lipinski definition) is 1. The number of nitrogens with zero attached hydrogens (tertiary/aromatic N) is 1. The van der Waals surface area contributed by atoms with Crippen molar-refractivity contribution in [1.29, 1.82) is 0 Å². The van der Waals surface area contributed by atoms with E-state index in [2.05, 4.69) is 27.0 Å². The van der Waals surface area contributed by atoms with E-state index in [1.54, 1.807) is 12.3 Å². The van der Waals surface area contributed by atoms with Gasteiger partial charge in [-0.3, -0.25) is 4.98 Å². The number of aromatic nitrogens is 1. The summed E-state index contributed by atoms with van der Waals surface area (Å²) in [5.74, 6) is 0.313. The average Bonchev–Trinajstić information content (AvgIpc) is 2.87. The fraction of sp³-hybridized carbons (Fsp3) is 0.250. The van der Waals surface area contributed by atoms with Gasteiger partial charge in [-0.05, 0) is 36.6 Å². The van der Waals surface area contributed by atoms with Crippen molar-refractivity contribution in [3.05, 3.63) is 57.8 Å². The number of hydrogen-bond acceptors (Lipinski definition) is 3. The van der Waals surface area contributed by atoms with Gasteiger partial charge < -0.3 is 9.84 Å². The van der Waals surface area contributed by atoms with Crippen LogP contribution in [-0.4, -0.2) is 22.7 Å². The van der Waals surface area contributed by atoms with E-state index in [9.17, 15) is 9.90 Å². The van der Waals surface area contributed by atoms with Crippen LogP contribution in [-0.2, 0) is 6.42 Å². The van der Waals surface area contributed by atoms with Crippen LogP contribution in [0.5, 0.6) is 5.75 Å². The summed E-state index contributed by atoms with van der Waals surface area (Å²) in [7, 11) is 0. The average molecular weight is 348 g/mol. The minimum absolute atomic E-state index is 0.301. The lowest BCUT2D eigenvalue weighted by molar-refractivity contribution is 0.0695. The topological polar surface area (TPSA) is 59.4 Å². The molecule has 0 saturated heterocycles. The maximum atomic E-state index is 11.2. The summed E-state index contributed by atoms with van der Waals surface area (Å²) in [5.41, 5.74) is 2.30. The zero-order valence-electron chi connectivity index (χ0n) is 11.3. The summed E-state index contributed by atoms with van der Waals surface area (Å²) in [6.07, 6.45) is 4.68. The molecule has 1 aliphatic rings. The molecule has 3 rings (SSSR count). The molecule has 1 unspecified atom stereocenters. The third-order valence-corrected chi connectivity index (χ3v) is 4.24. The molecule has 1 atom stereocenters. The Bertz CT molecular complexity index is 687. The van der Waals surface area contributed by atoms with Gasteiger partial charge in [-0.2, -0.15) is 0 Å². The number of pyridine rings is 1. The van der Waals surface area contributed by atoms with Gasteiger partial charge in [0.25, 0.3) is 0 Å². The van der Waals surface area contributed by atoms with Crippen LogP contribution in [0.3, 0.4) is 0 Å². The Morgan fingerprint density at radius 3 is 3.10 bits per heavy atom. The first kappa shape index (κ1) is 14.1. The Morgan fingerprint density at radius 1 is 1.43 bits per heavy atom.